The highest BCUT2D eigenvalue weighted by Crippen LogP contribution is 2.46. The fraction of sp³-hybridized carbons (Fsp3) is 1.00. The van der Waals surface area contributed by atoms with E-state index in [0.29, 0.717) is 12.5 Å². The molecule has 1 aliphatic rings. The topological polar surface area (TPSA) is 46.2 Å². The second-order valence-electron chi connectivity index (χ2n) is 5.79. The van der Waals surface area contributed by atoms with Gasteiger partial charge in [-0.2, -0.15) is 0 Å². The zero-order valence-electron chi connectivity index (χ0n) is 10.0. The summed E-state index contributed by atoms with van der Waals surface area (Å²) in [6.45, 7) is 9.15. The van der Waals surface area contributed by atoms with Gasteiger partial charge in [-0.1, -0.05) is 27.7 Å². The number of aliphatic hydroxyl groups is 1. The van der Waals surface area contributed by atoms with Crippen LogP contribution in [0.4, 0.5) is 0 Å². The Morgan fingerprint density at radius 3 is 2.43 bits per heavy atom. The predicted molar refractivity (Wildman–Crippen MR) is 60.0 cm³/mol. The third kappa shape index (κ3) is 1.82. The molecule has 0 aromatic carbocycles. The molecule has 0 bridgehead atoms. The van der Waals surface area contributed by atoms with Gasteiger partial charge in [-0.05, 0) is 31.1 Å². The van der Waals surface area contributed by atoms with E-state index < -0.39 is 5.60 Å². The maximum Gasteiger partial charge on any atom is 0.0736 e. The van der Waals surface area contributed by atoms with Gasteiger partial charge in [0.2, 0.25) is 0 Å². The molecule has 14 heavy (non-hydrogen) atoms. The van der Waals surface area contributed by atoms with Crippen LogP contribution >= 0.6 is 0 Å². The van der Waals surface area contributed by atoms with Crippen molar-refractivity contribution >= 4 is 0 Å². The average Bonchev–Trinajstić information content (AvgIpc) is 2.12. The van der Waals surface area contributed by atoms with E-state index in [4.69, 9.17) is 5.73 Å². The summed E-state index contributed by atoms with van der Waals surface area (Å²) in [4.78, 5) is 0. The summed E-state index contributed by atoms with van der Waals surface area (Å²) in [6.07, 6.45) is 3.16. The van der Waals surface area contributed by atoms with Crippen molar-refractivity contribution in [2.75, 3.05) is 6.54 Å². The Kier molecular flexibility index (Phi) is 3.27. The maximum atomic E-state index is 10.7. The first-order chi connectivity index (χ1) is 6.33. The highest BCUT2D eigenvalue weighted by molar-refractivity contribution is 5.00. The van der Waals surface area contributed by atoms with Gasteiger partial charge >= 0.3 is 0 Å². The van der Waals surface area contributed by atoms with Gasteiger partial charge in [0.05, 0.1) is 5.60 Å². The van der Waals surface area contributed by atoms with E-state index in [2.05, 4.69) is 27.7 Å². The lowest BCUT2D eigenvalue weighted by molar-refractivity contribution is -0.132. The first kappa shape index (κ1) is 12.0. The molecule has 0 aliphatic heterocycles. The molecule has 0 aromatic heterocycles. The Labute approximate surface area is 87.9 Å². The van der Waals surface area contributed by atoms with E-state index in [1.165, 1.54) is 0 Å². The van der Waals surface area contributed by atoms with E-state index in [9.17, 15) is 5.11 Å². The largest absolute Gasteiger partial charge is 0.389 e. The molecule has 1 fully saturated rings. The summed E-state index contributed by atoms with van der Waals surface area (Å²) in [5.74, 6) is 1.11. The molecule has 84 valence electrons. The Hall–Kier alpha value is -0.0800. The molecule has 0 saturated heterocycles. The zero-order chi connectivity index (χ0) is 11.0. The lowest BCUT2D eigenvalue weighted by atomic mass is 9.60. The van der Waals surface area contributed by atoms with Crippen LogP contribution in [0.5, 0.6) is 0 Å². The predicted octanol–water partition coefficient (Wildman–Crippen LogP) is 2.16. The van der Waals surface area contributed by atoms with Gasteiger partial charge in [0.15, 0.2) is 0 Å². The number of hydrogen-bond acceptors (Lipinski definition) is 2. The first-order valence-electron chi connectivity index (χ1n) is 5.76. The third-order valence-electron chi connectivity index (χ3n) is 4.27. The highest BCUT2D eigenvalue weighted by Gasteiger charge is 2.48. The minimum Gasteiger partial charge on any atom is -0.389 e. The molecule has 2 nitrogen and oxygen atoms in total. The number of rotatable bonds is 2. The summed E-state index contributed by atoms with van der Waals surface area (Å²) in [6, 6.07) is 0. The first-order valence-corrected chi connectivity index (χ1v) is 5.76. The fourth-order valence-corrected chi connectivity index (χ4v) is 2.81. The van der Waals surface area contributed by atoms with Crippen LogP contribution in [0.3, 0.4) is 0 Å². The van der Waals surface area contributed by atoms with Crippen LogP contribution < -0.4 is 5.73 Å². The molecule has 0 spiro atoms. The summed E-state index contributed by atoms with van der Waals surface area (Å²) >= 11 is 0. The number of nitrogens with two attached hydrogens (primary N) is 1. The molecule has 3 unspecified atom stereocenters. The molecule has 1 rings (SSSR count). The summed E-state index contributed by atoms with van der Waals surface area (Å²) in [5, 5.41) is 10.7. The lowest BCUT2D eigenvalue weighted by Crippen LogP contribution is -2.55. The lowest BCUT2D eigenvalue weighted by Gasteiger charge is -2.50. The molecule has 3 N–H and O–H groups in total. The van der Waals surface area contributed by atoms with Crippen LogP contribution in [0.25, 0.3) is 0 Å². The van der Waals surface area contributed by atoms with Crippen LogP contribution in [0.15, 0.2) is 0 Å². The molecule has 1 saturated carbocycles. The highest BCUT2D eigenvalue weighted by atomic mass is 16.3. The van der Waals surface area contributed by atoms with Crippen molar-refractivity contribution in [3.05, 3.63) is 0 Å². The summed E-state index contributed by atoms with van der Waals surface area (Å²) in [5.41, 5.74) is 5.04. The molecule has 1 aliphatic carbocycles. The van der Waals surface area contributed by atoms with Crippen LogP contribution in [-0.2, 0) is 0 Å². The van der Waals surface area contributed by atoms with Crippen molar-refractivity contribution in [1.82, 2.24) is 0 Å². The van der Waals surface area contributed by atoms with Crippen molar-refractivity contribution < 1.29 is 5.11 Å². The van der Waals surface area contributed by atoms with Crippen LogP contribution in [0.1, 0.15) is 47.0 Å². The minimum atomic E-state index is -0.561. The fourth-order valence-electron chi connectivity index (χ4n) is 2.81. The van der Waals surface area contributed by atoms with Crippen molar-refractivity contribution in [1.29, 1.82) is 0 Å². The summed E-state index contributed by atoms with van der Waals surface area (Å²) < 4.78 is 0. The van der Waals surface area contributed by atoms with Crippen molar-refractivity contribution in [2.45, 2.75) is 52.6 Å². The van der Waals surface area contributed by atoms with Crippen molar-refractivity contribution in [2.24, 2.45) is 23.0 Å². The molecule has 0 aromatic rings. The van der Waals surface area contributed by atoms with E-state index >= 15 is 0 Å². The van der Waals surface area contributed by atoms with Crippen LogP contribution in [0, 0.1) is 17.3 Å². The molecule has 0 amide bonds. The second kappa shape index (κ2) is 3.82. The molecule has 2 heteroatoms. The molecule has 3 atom stereocenters. The van der Waals surface area contributed by atoms with Crippen LogP contribution in [-0.4, -0.2) is 17.3 Å². The smallest absolute Gasteiger partial charge is 0.0736 e. The Morgan fingerprint density at radius 2 is 2.00 bits per heavy atom. The minimum absolute atomic E-state index is 0.160. The van der Waals surface area contributed by atoms with Gasteiger partial charge in [0.1, 0.15) is 0 Å². The normalized spacial score (nSPS) is 39.9. The van der Waals surface area contributed by atoms with Gasteiger partial charge in [-0.25, -0.2) is 0 Å². The molecular weight excluding hydrogens is 174 g/mol. The van der Waals surface area contributed by atoms with E-state index in [-0.39, 0.29) is 5.41 Å². The average molecular weight is 199 g/mol. The van der Waals surface area contributed by atoms with Gasteiger partial charge < -0.3 is 10.8 Å². The van der Waals surface area contributed by atoms with E-state index in [0.717, 1.165) is 25.2 Å². The van der Waals surface area contributed by atoms with Crippen molar-refractivity contribution in [3.63, 3.8) is 0 Å². The molecule has 0 heterocycles. The van der Waals surface area contributed by atoms with Crippen molar-refractivity contribution in [3.8, 4) is 0 Å². The molecular formula is C12H25NO. The molecule has 0 radical (unpaired) electrons. The SMILES string of the molecule is CC1CCC(O)(C(C)(C)CN)C(C)C1. The van der Waals surface area contributed by atoms with E-state index in [1.54, 1.807) is 0 Å². The summed E-state index contributed by atoms with van der Waals surface area (Å²) in [7, 11) is 0. The second-order valence-corrected chi connectivity index (χ2v) is 5.79. The quantitative estimate of drug-likeness (QED) is 0.716. The van der Waals surface area contributed by atoms with Gasteiger partial charge in [-0.3, -0.25) is 0 Å². The Morgan fingerprint density at radius 1 is 1.43 bits per heavy atom. The monoisotopic (exact) mass is 199 g/mol. The van der Waals surface area contributed by atoms with E-state index in [1.807, 2.05) is 0 Å². The third-order valence-corrected chi connectivity index (χ3v) is 4.27. The maximum absolute atomic E-state index is 10.7. The standard InChI is InChI=1S/C12H25NO/c1-9-5-6-12(14,10(2)7-9)11(3,4)8-13/h9-10,14H,5-8,13H2,1-4H3. The number of hydrogen-bond donors (Lipinski definition) is 2. The zero-order valence-corrected chi connectivity index (χ0v) is 10.0. The Balaban J connectivity index is 2.83. The van der Waals surface area contributed by atoms with Gasteiger partial charge in [-0.15, -0.1) is 0 Å². The van der Waals surface area contributed by atoms with Gasteiger partial charge in [0.25, 0.3) is 0 Å². The Bertz CT molecular complexity index is 202. The van der Waals surface area contributed by atoms with Gasteiger partial charge in [0, 0.05) is 12.0 Å². The van der Waals surface area contributed by atoms with Crippen LogP contribution in [0.2, 0.25) is 0 Å².